The Hall–Kier alpha value is -4.14. The summed E-state index contributed by atoms with van der Waals surface area (Å²) in [4.78, 5) is 17.4. The second-order valence-electron chi connectivity index (χ2n) is 9.16. The summed E-state index contributed by atoms with van der Waals surface area (Å²) in [6, 6.07) is 2.24. The number of anilines is 2. The van der Waals surface area contributed by atoms with E-state index in [4.69, 9.17) is 10.5 Å². The van der Waals surface area contributed by atoms with Gasteiger partial charge in [0.2, 0.25) is 5.95 Å². The van der Waals surface area contributed by atoms with Gasteiger partial charge in [0.05, 0.1) is 41.4 Å². The van der Waals surface area contributed by atoms with Crippen molar-refractivity contribution in [2.45, 2.75) is 46.4 Å². The maximum absolute atomic E-state index is 16.4. The number of thiophene rings is 1. The minimum Gasteiger partial charge on any atom is -0.389 e. The van der Waals surface area contributed by atoms with Crippen molar-refractivity contribution in [3.63, 3.8) is 0 Å². The van der Waals surface area contributed by atoms with Crippen molar-refractivity contribution >= 4 is 43.3 Å². The number of halogens is 2. The van der Waals surface area contributed by atoms with Crippen LogP contribution in [0.25, 0.3) is 32.2 Å². The highest BCUT2D eigenvalue weighted by Gasteiger charge is 2.33. The summed E-state index contributed by atoms with van der Waals surface area (Å²) in [6.07, 6.45) is 9.44. The Morgan fingerprint density at radius 3 is 2.70 bits per heavy atom. The van der Waals surface area contributed by atoms with Crippen molar-refractivity contribution < 1.29 is 13.5 Å². The summed E-state index contributed by atoms with van der Waals surface area (Å²) in [7, 11) is 0. The fourth-order valence-corrected chi connectivity index (χ4v) is 5.98. The standard InChI is InChI=1S/C27H23F2N7OS.C2H6/c1-3-5-6-35(4-2)14-10-36(11-14)27-33-8-16-17-12-37-13-18(17)20(22(29)23(16)34-27)24-21-15(7-30)26(31)38-25(21)19(28)9-32-24;1-2/h4-6,8-9,14H,2-3,10-13,31H2,1H3;1-2H3/b6-5-;. The van der Waals surface area contributed by atoms with Gasteiger partial charge in [0.25, 0.3) is 0 Å². The van der Waals surface area contributed by atoms with Crippen molar-refractivity contribution in [1.82, 2.24) is 19.9 Å². The van der Waals surface area contributed by atoms with Crippen molar-refractivity contribution in [3.8, 4) is 17.3 Å². The van der Waals surface area contributed by atoms with Crippen LogP contribution in [0.15, 0.2) is 37.4 Å². The Morgan fingerprint density at radius 1 is 1.25 bits per heavy atom. The molecule has 0 aliphatic carbocycles. The molecule has 1 fully saturated rings. The fraction of sp³-hybridized carbons (Fsp3) is 0.310. The van der Waals surface area contributed by atoms with Crippen molar-refractivity contribution in [1.29, 1.82) is 5.26 Å². The Morgan fingerprint density at radius 2 is 2.00 bits per heavy atom. The van der Waals surface area contributed by atoms with E-state index < -0.39 is 11.6 Å². The summed E-state index contributed by atoms with van der Waals surface area (Å²) < 4.78 is 36.9. The monoisotopic (exact) mass is 561 g/mol. The number of benzene rings is 1. The summed E-state index contributed by atoms with van der Waals surface area (Å²) in [5.41, 5.74) is 7.87. The molecule has 1 saturated heterocycles. The Kier molecular flexibility index (Phi) is 7.65. The lowest BCUT2D eigenvalue weighted by Gasteiger charge is -2.43. The molecule has 0 saturated carbocycles. The van der Waals surface area contributed by atoms with Gasteiger partial charge in [0, 0.05) is 35.6 Å². The molecular formula is C29H29F2N7OS. The zero-order valence-electron chi connectivity index (χ0n) is 22.5. The largest absolute Gasteiger partial charge is 0.389 e. The van der Waals surface area contributed by atoms with Crippen LogP contribution in [0.4, 0.5) is 19.7 Å². The van der Waals surface area contributed by atoms with Crippen molar-refractivity contribution in [3.05, 3.63) is 65.8 Å². The number of aromatic nitrogens is 3. The van der Waals surface area contributed by atoms with Gasteiger partial charge in [-0.3, -0.25) is 4.98 Å². The topological polar surface area (TPSA) is 104 Å². The molecule has 0 unspecified atom stereocenters. The number of nitriles is 1. The van der Waals surface area contributed by atoms with Crippen LogP contribution in [0.1, 0.15) is 43.9 Å². The van der Waals surface area contributed by atoms with E-state index in [0.717, 1.165) is 29.5 Å². The molecule has 206 valence electrons. The van der Waals surface area contributed by atoms with Gasteiger partial charge < -0.3 is 20.3 Å². The second-order valence-corrected chi connectivity index (χ2v) is 10.2. The van der Waals surface area contributed by atoms with Gasteiger partial charge in [0.1, 0.15) is 16.6 Å². The summed E-state index contributed by atoms with van der Waals surface area (Å²) in [5.74, 6) is -0.816. The normalized spacial score (nSPS) is 14.7. The first-order valence-electron chi connectivity index (χ1n) is 13.1. The van der Waals surface area contributed by atoms with Crippen LogP contribution in [-0.2, 0) is 18.0 Å². The average Bonchev–Trinajstić information content (AvgIpc) is 3.57. The molecule has 0 radical (unpaired) electrons. The predicted octanol–water partition coefficient (Wildman–Crippen LogP) is 6.25. The van der Waals surface area contributed by atoms with Gasteiger partial charge in [-0.1, -0.05) is 33.4 Å². The number of hydrogen-bond donors (Lipinski definition) is 1. The Balaban J connectivity index is 0.00000158. The van der Waals surface area contributed by atoms with Crippen LogP contribution in [0.5, 0.6) is 0 Å². The van der Waals surface area contributed by atoms with Crippen LogP contribution < -0.4 is 10.6 Å². The molecule has 3 aromatic heterocycles. The summed E-state index contributed by atoms with van der Waals surface area (Å²) in [5, 5.41) is 10.6. The van der Waals surface area contributed by atoms with Crippen LogP contribution in [0.2, 0.25) is 0 Å². The molecule has 0 atom stereocenters. The number of hydrogen-bond acceptors (Lipinski definition) is 9. The van der Waals surface area contributed by atoms with E-state index in [9.17, 15) is 9.65 Å². The maximum Gasteiger partial charge on any atom is 0.226 e. The minimum atomic E-state index is -0.615. The number of fused-ring (bicyclic) bond motifs is 4. The molecule has 2 N–H and O–H groups in total. The quantitative estimate of drug-likeness (QED) is 0.295. The molecule has 4 aromatic rings. The fourth-order valence-electron chi connectivity index (χ4n) is 5.06. The van der Waals surface area contributed by atoms with E-state index in [1.54, 1.807) is 12.4 Å². The maximum atomic E-state index is 16.4. The molecule has 5 heterocycles. The Labute approximate surface area is 235 Å². The molecule has 2 aliphatic rings. The van der Waals surface area contributed by atoms with Crippen molar-refractivity contribution in [2.75, 3.05) is 23.7 Å². The summed E-state index contributed by atoms with van der Waals surface area (Å²) in [6.45, 7) is 11.7. The van der Waals surface area contributed by atoms with E-state index in [1.165, 1.54) is 0 Å². The van der Waals surface area contributed by atoms with Crippen LogP contribution in [0.3, 0.4) is 0 Å². The second kappa shape index (κ2) is 11.2. The van der Waals surface area contributed by atoms with Gasteiger partial charge in [-0.15, -0.1) is 11.3 Å². The van der Waals surface area contributed by atoms with E-state index in [1.807, 2.05) is 31.0 Å². The van der Waals surface area contributed by atoms with Gasteiger partial charge in [0.15, 0.2) is 11.6 Å². The third-order valence-electron chi connectivity index (χ3n) is 7.02. The molecular weight excluding hydrogens is 532 g/mol. The average molecular weight is 562 g/mol. The number of nitrogens with zero attached hydrogens (tertiary/aromatic N) is 6. The van der Waals surface area contributed by atoms with Crippen LogP contribution >= 0.6 is 11.3 Å². The molecule has 0 spiro atoms. The number of nitrogen functional groups attached to an aromatic ring is 1. The van der Waals surface area contributed by atoms with E-state index in [2.05, 4.69) is 39.4 Å². The predicted molar refractivity (Wildman–Crippen MR) is 155 cm³/mol. The first kappa shape index (κ1) is 27.4. The molecule has 0 bridgehead atoms. The first-order chi connectivity index (χ1) is 19.5. The SMILES string of the molecule is C=CN(/C=C\CC)C1CN(c2ncc3c4c(c(-c5ncc(F)c6sc(N)c(C#N)c56)c(F)c3n2)COC4)C1.CC. The molecule has 1 aromatic carbocycles. The first-order valence-corrected chi connectivity index (χ1v) is 13.9. The molecule has 40 heavy (non-hydrogen) atoms. The van der Waals surface area contributed by atoms with Crippen LogP contribution in [0, 0.1) is 23.0 Å². The molecule has 6 rings (SSSR count). The highest BCUT2D eigenvalue weighted by Crippen LogP contribution is 2.45. The van der Waals surface area contributed by atoms with E-state index in [-0.39, 0.29) is 56.7 Å². The van der Waals surface area contributed by atoms with Gasteiger partial charge >= 0.3 is 0 Å². The molecule has 0 amide bonds. The number of allylic oxidation sites excluding steroid dienone is 1. The lowest BCUT2D eigenvalue weighted by molar-refractivity contribution is 0.135. The molecule has 2 aliphatic heterocycles. The highest BCUT2D eigenvalue weighted by atomic mass is 32.1. The van der Waals surface area contributed by atoms with Crippen LogP contribution in [-0.4, -0.2) is 39.0 Å². The smallest absolute Gasteiger partial charge is 0.226 e. The van der Waals surface area contributed by atoms with E-state index >= 15 is 4.39 Å². The van der Waals surface area contributed by atoms with Gasteiger partial charge in [-0.25, -0.2) is 18.7 Å². The van der Waals surface area contributed by atoms with Crippen molar-refractivity contribution in [2.24, 2.45) is 0 Å². The zero-order chi connectivity index (χ0) is 28.6. The summed E-state index contributed by atoms with van der Waals surface area (Å²) >= 11 is 0.946. The lowest BCUT2D eigenvalue weighted by atomic mass is 9.94. The third-order valence-corrected chi connectivity index (χ3v) is 8.05. The van der Waals surface area contributed by atoms with Gasteiger partial charge in [-0.05, 0) is 29.9 Å². The number of ether oxygens (including phenoxy) is 1. The highest BCUT2D eigenvalue weighted by molar-refractivity contribution is 7.23. The molecule has 8 nitrogen and oxygen atoms in total. The number of pyridine rings is 1. The van der Waals surface area contributed by atoms with E-state index in [0.29, 0.717) is 30.0 Å². The zero-order valence-corrected chi connectivity index (χ0v) is 23.4. The number of rotatable bonds is 6. The Bertz CT molecular complexity index is 1690. The third kappa shape index (κ3) is 4.33. The lowest BCUT2D eigenvalue weighted by Crippen LogP contribution is -2.57. The van der Waals surface area contributed by atoms with Gasteiger partial charge in [-0.2, -0.15) is 5.26 Å². The minimum absolute atomic E-state index is 0.0815. The molecule has 11 heteroatoms. The number of nitrogens with two attached hydrogens (primary N) is 1.